The molecule has 0 aromatic heterocycles. The molecular weight excluding hydrogens is 204 g/mol. The van der Waals surface area contributed by atoms with Gasteiger partial charge in [-0.2, -0.15) is 5.26 Å². The Labute approximate surface area is 93.9 Å². The first-order valence-corrected chi connectivity index (χ1v) is 8.46. The van der Waals surface area contributed by atoms with Crippen LogP contribution >= 0.6 is 0 Å². The van der Waals surface area contributed by atoms with Crippen LogP contribution in [-0.4, -0.2) is 27.5 Å². The van der Waals surface area contributed by atoms with Crippen LogP contribution in [0.1, 0.15) is 20.8 Å². The van der Waals surface area contributed by atoms with Crippen molar-refractivity contribution in [2.45, 2.75) is 44.9 Å². The van der Waals surface area contributed by atoms with Crippen LogP contribution < -0.4 is 5.32 Å². The minimum Gasteiger partial charge on any atom is -0.415 e. The van der Waals surface area contributed by atoms with Crippen LogP contribution in [0.25, 0.3) is 0 Å². The number of nitriles is 1. The Hall–Kier alpha value is -0.373. The molecule has 1 rings (SSSR count). The van der Waals surface area contributed by atoms with Gasteiger partial charge in [-0.1, -0.05) is 20.8 Å². The molecule has 2 atom stereocenters. The van der Waals surface area contributed by atoms with E-state index >= 15 is 0 Å². The molecule has 1 fully saturated rings. The molecule has 3 nitrogen and oxygen atoms in total. The predicted octanol–water partition coefficient (Wildman–Crippen LogP) is 2.12. The van der Waals surface area contributed by atoms with Crippen LogP contribution in [0.5, 0.6) is 0 Å². The SMILES string of the molecule is CC(C)(C)[Si](C)(C)OC[C@H]1NCC1C#N. The summed E-state index contributed by atoms with van der Waals surface area (Å²) in [5.74, 6) is 0.148. The fraction of sp³-hybridized carbons (Fsp3) is 0.909. The first-order chi connectivity index (χ1) is 6.78. The summed E-state index contributed by atoms with van der Waals surface area (Å²) in [5, 5.41) is 12.3. The molecule has 0 saturated carbocycles. The summed E-state index contributed by atoms with van der Waals surface area (Å²) in [6.45, 7) is 12.7. The van der Waals surface area contributed by atoms with Gasteiger partial charge in [-0.25, -0.2) is 0 Å². The fourth-order valence-electron chi connectivity index (χ4n) is 1.23. The third kappa shape index (κ3) is 2.80. The van der Waals surface area contributed by atoms with Crippen molar-refractivity contribution in [3.63, 3.8) is 0 Å². The quantitative estimate of drug-likeness (QED) is 0.750. The lowest BCUT2D eigenvalue weighted by atomic mass is 9.94. The predicted molar refractivity (Wildman–Crippen MR) is 64.0 cm³/mol. The molecule has 15 heavy (non-hydrogen) atoms. The Morgan fingerprint density at radius 3 is 2.40 bits per heavy atom. The highest BCUT2D eigenvalue weighted by Gasteiger charge is 2.39. The lowest BCUT2D eigenvalue weighted by Gasteiger charge is -2.40. The molecule has 1 unspecified atom stereocenters. The standard InChI is InChI=1S/C11H22N2OSi/c1-11(2,3)15(4,5)14-8-10-9(6-12)7-13-10/h9-10,13H,7-8H2,1-5H3/t9?,10-/m1/s1. The van der Waals surface area contributed by atoms with Gasteiger partial charge in [0.2, 0.25) is 0 Å². The summed E-state index contributed by atoms with van der Waals surface area (Å²) in [5.41, 5.74) is 0. The molecule has 0 aromatic carbocycles. The zero-order valence-electron chi connectivity index (χ0n) is 10.4. The van der Waals surface area contributed by atoms with Crippen molar-refractivity contribution in [2.24, 2.45) is 5.92 Å². The van der Waals surface area contributed by atoms with E-state index in [2.05, 4.69) is 45.3 Å². The molecule has 0 radical (unpaired) electrons. The van der Waals surface area contributed by atoms with Crippen molar-refractivity contribution in [3.05, 3.63) is 0 Å². The van der Waals surface area contributed by atoms with E-state index in [1.165, 1.54) is 0 Å². The highest BCUT2D eigenvalue weighted by molar-refractivity contribution is 6.74. The van der Waals surface area contributed by atoms with Gasteiger partial charge in [-0.15, -0.1) is 0 Å². The lowest BCUT2D eigenvalue weighted by Crippen LogP contribution is -2.56. The van der Waals surface area contributed by atoms with Gasteiger partial charge >= 0.3 is 0 Å². The van der Waals surface area contributed by atoms with E-state index in [0.717, 1.165) is 6.54 Å². The van der Waals surface area contributed by atoms with E-state index in [9.17, 15) is 0 Å². The highest BCUT2D eigenvalue weighted by atomic mass is 28.4. The average molecular weight is 226 g/mol. The van der Waals surface area contributed by atoms with Gasteiger partial charge in [0.15, 0.2) is 8.32 Å². The summed E-state index contributed by atoms with van der Waals surface area (Å²) in [4.78, 5) is 0. The van der Waals surface area contributed by atoms with E-state index in [0.29, 0.717) is 6.61 Å². The van der Waals surface area contributed by atoms with Crippen LogP contribution in [0.3, 0.4) is 0 Å². The van der Waals surface area contributed by atoms with Crippen molar-refractivity contribution < 1.29 is 4.43 Å². The first kappa shape index (κ1) is 12.7. The number of nitrogens with zero attached hydrogens (tertiary/aromatic N) is 1. The highest BCUT2D eigenvalue weighted by Crippen LogP contribution is 2.36. The fourth-order valence-corrected chi connectivity index (χ4v) is 2.26. The Bertz CT molecular complexity index is 265. The minimum absolute atomic E-state index is 0.148. The van der Waals surface area contributed by atoms with E-state index in [1.54, 1.807) is 0 Å². The summed E-state index contributed by atoms with van der Waals surface area (Å²) in [6, 6.07) is 2.55. The van der Waals surface area contributed by atoms with Crippen LogP contribution in [0.2, 0.25) is 18.1 Å². The Morgan fingerprint density at radius 1 is 1.47 bits per heavy atom. The molecule has 1 N–H and O–H groups in total. The van der Waals surface area contributed by atoms with Crippen molar-refractivity contribution in [3.8, 4) is 6.07 Å². The Kier molecular flexibility index (Phi) is 3.59. The van der Waals surface area contributed by atoms with Crippen LogP contribution in [-0.2, 0) is 4.43 Å². The lowest BCUT2D eigenvalue weighted by molar-refractivity contribution is 0.169. The molecule has 1 aliphatic rings. The van der Waals surface area contributed by atoms with Crippen molar-refractivity contribution in [2.75, 3.05) is 13.2 Å². The molecule has 0 amide bonds. The van der Waals surface area contributed by atoms with E-state index < -0.39 is 8.32 Å². The van der Waals surface area contributed by atoms with Gasteiger partial charge in [0, 0.05) is 12.6 Å². The summed E-state index contributed by atoms with van der Waals surface area (Å²) >= 11 is 0. The molecule has 1 saturated heterocycles. The van der Waals surface area contributed by atoms with Gasteiger partial charge in [0.1, 0.15) is 0 Å². The zero-order valence-corrected chi connectivity index (χ0v) is 11.4. The molecule has 0 spiro atoms. The van der Waals surface area contributed by atoms with E-state index in [1.807, 2.05) is 0 Å². The minimum atomic E-state index is -1.64. The van der Waals surface area contributed by atoms with Crippen LogP contribution in [0, 0.1) is 17.2 Å². The number of hydrogen-bond acceptors (Lipinski definition) is 3. The molecule has 0 bridgehead atoms. The molecule has 1 heterocycles. The first-order valence-electron chi connectivity index (χ1n) is 5.55. The van der Waals surface area contributed by atoms with Crippen molar-refractivity contribution in [1.82, 2.24) is 5.32 Å². The summed E-state index contributed by atoms with van der Waals surface area (Å²) < 4.78 is 6.06. The third-order valence-corrected chi connectivity index (χ3v) is 8.18. The Morgan fingerprint density at radius 2 is 2.07 bits per heavy atom. The Balaban J connectivity index is 2.41. The van der Waals surface area contributed by atoms with E-state index in [4.69, 9.17) is 9.69 Å². The van der Waals surface area contributed by atoms with Gasteiger partial charge in [0.05, 0.1) is 18.6 Å². The normalized spacial score (nSPS) is 26.9. The van der Waals surface area contributed by atoms with Crippen molar-refractivity contribution >= 4 is 8.32 Å². The van der Waals surface area contributed by atoms with Gasteiger partial charge < -0.3 is 9.74 Å². The number of hydrogen-bond donors (Lipinski definition) is 1. The second-order valence-electron chi connectivity index (χ2n) is 5.82. The maximum Gasteiger partial charge on any atom is 0.192 e. The monoisotopic (exact) mass is 226 g/mol. The van der Waals surface area contributed by atoms with Gasteiger partial charge in [0.25, 0.3) is 0 Å². The van der Waals surface area contributed by atoms with Crippen LogP contribution in [0.15, 0.2) is 0 Å². The molecule has 0 aromatic rings. The molecule has 4 heteroatoms. The smallest absolute Gasteiger partial charge is 0.192 e. The van der Waals surface area contributed by atoms with E-state index in [-0.39, 0.29) is 17.0 Å². The molecular formula is C11H22N2OSi. The number of nitrogens with one attached hydrogen (secondary N) is 1. The third-order valence-electron chi connectivity index (χ3n) is 3.68. The zero-order chi connectivity index (χ0) is 11.7. The maximum absolute atomic E-state index is 8.81. The summed E-state index contributed by atoms with van der Waals surface area (Å²) in [6.07, 6.45) is 0. The summed E-state index contributed by atoms with van der Waals surface area (Å²) in [7, 11) is -1.64. The van der Waals surface area contributed by atoms with Gasteiger partial charge in [-0.05, 0) is 18.1 Å². The molecule has 1 aliphatic heterocycles. The molecule has 0 aliphatic carbocycles. The molecule has 86 valence electrons. The topological polar surface area (TPSA) is 45.0 Å². The van der Waals surface area contributed by atoms with Crippen LogP contribution in [0.4, 0.5) is 0 Å². The number of rotatable bonds is 3. The second-order valence-corrected chi connectivity index (χ2v) is 10.6. The average Bonchev–Trinajstić information content (AvgIpc) is 2.00. The van der Waals surface area contributed by atoms with Gasteiger partial charge in [-0.3, -0.25) is 0 Å². The largest absolute Gasteiger partial charge is 0.415 e. The maximum atomic E-state index is 8.81. The van der Waals surface area contributed by atoms with Crippen molar-refractivity contribution in [1.29, 1.82) is 5.26 Å². The second kappa shape index (κ2) is 4.24.